The Morgan fingerprint density at radius 3 is 2.43 bits per heavy atom. The van der Waals surface area contributed by atoms with Gasteiger partial charge in [0.15, 0.2) is 0 Å². The van der Waals surface area contributed by atoms with Gasteiger partial charge in [-0.1, -0.05) is 18.1 Å². The summed E-state index contributed by atoms with van der Waals surface area (Å²) in [4.78, 5) is 14.7. The lowest BCUT2D eigenvalue weighted by Gasteiger charge is -2.37. The largest absolute Gasteiger partial charge is 0.507 e. The number of benzene rings is 1. The number of phenols is 1. The predicted octanol–water partition coefficient (Wildman–Crippen LogP) is 0.939. The van der Waals surface area contributed by atoms with E-state index in [9.17, 15) is 13.9 Å². The van der Waals surface area contributed by atoms with Gasteiger partial charge in [-0.3, -0.25) is 4.90 Å². The maximum atomic E-state index is 13.0. The SMILES string of the molecule is NC(N)=C(/C=C(\N)c1ccccc1O)N1C[C@@H]2CN(c3ccnc(C#CCN4CC(F)(F)C4)n3)C[C@@H]2C1. The Morgan fingerprint density at radius 1 is 1.08 bits per heavy atom. The molecular formula is C26H30F2N8O. The average molecular weight is 509 g/mol. The molecule has 37 heavy (non-hydrogen) atoms. The molecule has 0 bridgehead atoms. The number of anilines is 1. The zero-order chi connectivity index (χ0) is 26.2. The molecule has 1 aromatic heterocycles. The first-order valence-electron chi connectivity index (χ1n) is 12.1. The molecule has 0 radical (unpaired) electrons. The molecule has 9 nitrogen and oxygen atoms in total. The number of hydrogen-bond donors (Lipinski definition) is 4. The van der Waals surface area contributed by atoms with E-state index in [4.69, 9.17) is 17.2 Å². The van der Waals surface area contributed by atoms with Crippen molar-refractivity contribution < 1.29 is 13.9 Å². The fraction of sp³-hybridized carbons (Fsp3) is 0.385. The van der Waals surface area contributed by atoms with Gasteiger partial charge in [-0.25, -0.2) is 18.7 Å². The molecule has 0 amide bonds. The second-order valence-corrected chi connectivity index (χ2v) is 9.83. The molecule has 5 rings (SSSR count). The Labute approximate surface area is 214 Å². The predicted molar refractivity (Wildman–Crippen MR) is 137 cm³/mol. The number of aromatic nitrogens is 2. The molecule has 3 aliphatic rings. The van der Waals surface area contributed by atoms with E-state index in [1.165, 1.54) is 0 Å². The van der Waals surface area contributed by atoms with E-state index in [2.05, 4.69) is 31.6 Å². The highest BCUT2D eigenvalue weighted by atomic mass is 19.3. The van der Waals surface area contributed by atoms with Crippen LogP contribution in [0.4, 0.5) is 14.6 Å². The third kappa shape index (κ3) is 5.39. The number of likely N-dealkylation sites (tertiary alicyclic amines) is 2. The number of allylic oxidation sites excluding steroid dienone is 1. The molecule has 2 aromatic rings. The number of aromatic hydroxyl groups is 1. The Hall–Kier alpha value is -4.04. The summed E-state index contributed by atoms with van der Waals surface area (Å²) in [6.07, 6.45) is 3.40. The smallest absolute Gasteiger partial charge is 0.273 e. The van der Waals surface area contributed by atoms with Crippen LogP contribution in [-0.4, -0.2) is 76.6 Å². The number of nitrogens with zero attached hydrogens (tertiary/aromatic N) is 5. The monoisotopic (exact) mass is 508 g/mol. The first-order chi connectivity index (χ1) is 17.7. The number of para-hydroxylation sites is 1. The van der Waals surface area contributed by atoms with Crippen LogP contribution in [-0.2, 0) is 0 Å². The molecule has 3 saturated heterocycles. The van der Waals surface area contributed by atoms with E-state index in [1.807, 2.05) is 6.07 Å². The van der Waals surface area contributed by atoms with E-state index >= 15 is 0 Å². The summed E-state index contributed by atoms with van der Waals surface area (Å²) in [7, 11) is 0. The number of rotatable bonds is 5. The van der Waals surface area contributed by atoms with Crippen molar-refractivity contribution in [3.63, 3.8) is 0 Å². The summed E-state index contributed by atoms with van der Waals surface area (Å²) in [5.74, 6) is 5.40. The molecule has 7 N–H and O–H groups in total. The topological polar surface area (TPSA) is 134 Å². The number of nitrogens with two attached hydrogens (primary N) is 3. The number of hydrogen-bond acceptors (Lipinski definition) is 9. The minimum absolute atomic E-state index is 0.0936. The van der Waals surface area contributed by atoms with Gasteiger partial charge in [0.2, 0.25) is 5.82 Å². The molecule has 0 spiro atoms. The molecule has 4 heterocycles. The van der Waals surface area contributed by atoms with Crippen molar-refractivity contribution in [3.05, 3.63) is 65.5 Å². The molecule has 11 heteroatoms. The average Bonchev–Trinajstić information content (AvgIpc) is 3.41. The van der Waals surface area contributed by atoms with Gasteiger partial charge < -0.3 is 32.1 Å². The second kappa shape index (κ2) is 9.78. The Kier molecular flexibility index (Phi) is 6.52. The summed E-state index contributed by atoms with van der Waals surface area (Å²) in [6, 6.07) is 8.72. The van der Waals surface area contributed by atoms with Crippen molar-refractivity contribution in [3.8, 4) is 17.6 Å². The lowest BCUT2D eigenvalue weighted by atomic mass is 10.0. The first kappa shape index (κ1) is 24.6. The van der Waals surface area contributed by atoms with E-state index in [-0.39, 0.29) is 31.2 Å². The quantitative estimate of drug-likeness (QED) is 0.344. The van der Waals surface area contributed by atoms with E-state index in [1.54, 1.807) is 41.4 Å². The third-order valence-electron chi connectivity index (χ3n) is 7.01. The van der Waals surface area contributed by atoms with Gasteiger partial charge in [0.1, 0.15) is 17.4 Å². The highest BCUT2D eigenvalue weighted by Gasteiger charge is 2.43. The molecule has 194 valence electrons. The first-order valence-corrected chi connectivity index (χ1v) is 12.1. The van der Waals surface area contributed by atoms with Crippen molar-refractivity contribution in [2.75, 3.05) is 50.7 Å². The zero-order valence-electron chi connectivity index (χ0n) is 20.3. The van der Waals surface area contributed by atoms with Crippen LogP contribution in [0.3, 0.4) is 0 Å². The summed E-state index contributed by atoms with van der Waals surface area (Å²) >= 11 is 0. The fourth-order valence-corrected chi connectivity index (χ4v) is 5.21. The van der Waals surface area contributed by atoms with Gasteiger partial charge in [0.25, 0.3) is 5.92 Å². The van der Waals surface area contributed by atoms with Crippen molar-refractivity contribution in [2.45, 2.75) is 5.92 Å². The standard InChI is InChI=1S/C26H30F2N8O/c27-26(28)15-34(16-26)9-3-6-23-32-8-7-24(33-23)36-13-17-11-35(12-18(17)14-36)21(25(30)31)10-20(29)19-4-1-2-5-22(19)37/h1-2,4-5,7-8,10,17-18,37H,9,11-16,29-31H2/b20-10-/t17-,18+. The van der Waals surface area contributed by atoms with Crippen LogP contribution in [0.15, 0.2) is 54.1 Å². The van der Waals surface area contributed by atoms with Gasteiger partial charge in [-0.05, 0) is 30.2 Å². The second-order valence-electron chi connectivity index (χ2n) is 9.83. The number of halogens is 2. The number of alkyl halides is 2. The van der Waals surface area contributed by atoms with E-state index in [0.717, 1.165) is 32.0 Å². The highest BCUT2D eigenvalue weighted by Crippen LogP contribution is 2.36. The molecule has 3 aliphatic heterocycles. The van der Waals surface area contributed by atoms with Crippen LogP contribution in [0, 0.1) is 23.7 Å². The maximum absolute atomic E-state index is 13.0. The van der Waals surface area contributed by atoms with Gasteiger partial charge in [-0.15, -0.1) is 0 Å². The normalized spacial score (nSPS) is 22.7. The molecule has 2 atom stereocenters. The molecule has 1 aromatic carbocycles. The summed E-state index contributed by atoms with van der Waals surface area (Å²) in [5, 5.41) is 10.1. The molecule has 0 aliphatic carbocycles. The summed E-state index contributed by atoms with van der Waals surface area (Å²) in [6.45, 7) is 2.92. The Balaban J connectivity index is 1.21. The molecule has 0 saturated carbocycles. The van der Waals surface area contributed by atoms with Crippen LogP contribution in [0.25, 0.3) is 5.70 Å². The van der Waals surface area contributed by atoms with Crippen molar-refractivity contribution in [1.29, 1.82) is 0 Å². The number of phenolic OH excluding ortho intramolecular Hbond substituents is 1. The molecular weight excluding hydrogens is 478 g/mol. The third-order valence-corrected chi connectivity index (χ3v) is 7.01. The minimum atomic E-state index is -2.60. The van der Waals surface area contributed by atoms with Crippen LogP contribution in [0.2, 0.25) is 0 Å². The Morgan fingerprint density at radius 2 is 1.78 bits per heavy atom. The van der Waals surface area contributed by atoms with Crippen LogP contribution in [0.5, 0.6) is 5.75 Å². The van der Waals surface area contributed by atoms with Gasteiger partial charge >= 0.3 is 0 Å². The summed E-state index contributed by atoms with van der Waals surface area (Å²) < 4.78 is 25.9. The van der Waals surface area contributed by atoms with Gasteiger partial charge in [-0.2, -0.15) is 0 Å². The lowest BCUT2D eigenvalue weighted by molar-refractivity contribution is -0.125. The van der Waals surface area contributed by atoms with Crippen LogP contribution in [0.1, 0.15) is 11.4 Å². The van der Waals surface area contributed by atoms with E-state index < -0.39 is 5.92 Å². The zero-order valence-corrected chi connectivity index (χ0v) is 20.3. The van der Waals surface area contributed by atoms with Crippen molar-refractivity contribution >= 4 is 11.5 Å². The maximum Gasteiger partial charge on any atom is 0.273 e. The Bertz CT molecular complexity index is 1270. The van der Waals surface area contributed by atoms with Gasteiger partial charge in [0.05, 0.1) is 25.3 Å². The van der Waals surface area contributed by atoms with E-state index in [0.29, 0.717) is 34.6 Å². The van der Waals surface area contributed by atoms with Gasteiger partial charge in [0, 0.05) is 55.5 Å². The minimum Gasteiger partial charge on any atom is -0.507 e. The lowest BCUT2D eigenvalue weighted by Crippen LogP contribution is -2.55. The van der Waals surface area contributed by atoms with Crippen LogP contribution >= 0.6 is 0 Å². The molecule has 3 fully saturated rings. The molecule has 0 unspecified atom stereocenters. The number of fused-ring (bicyclic) bond motifs is 1. The van der Waals surface area contributed by atoms with Crippen molar-refractivity contribution in [2.24, 2.45) is 29.0 Å². The van der Waals surface area contributed by atoms with Crippen molar-refractivity contribution in [1.82, 2.24) is 19.8 Å². The summed E-state index contributed by atoms with van der Waals surface area (Å²) in [5.41, 5.74) is 19.9. The fourth-order valence-electron chi connectivity index (χ4n) is 5.21. The van der Waals surface area contributed by atoms with Crippen LogP contribution < -0.4 is 22.1 Å². The highest BCUT2D eigenvalue weighted by molar-refractivity contribution is 5.70.